The van der Waals surface area contributed by atoms with Gasteiger partial charge in [-0.25, -0.2) is 4.98 Å². The van der Waals surface area contributed by atoms with E-state index in [0.29, 0.717) is 5.57 Å². The van der Waals surface area contributed by atoms with E-state index in [1.165, 1.54) is 11.3 Å². The molecule has 0 fully saturated rings. The lowest BCUT2D eigenvalue weighted by Crippen LogP contribution is -1.75. The Morgan fingerprint density at radius 3 is 3.10 bits per heavy atom. The van der Waals surface area contributed by atoms with Gasteiger partial charge in [0.2, 0.25) is 0 Å². The molecule has 0 aromatic carbocycles. The van der Waals surface area contributed by atoms with Gasteiger partial charge in [-0.15, -0.1) is 11.3 Å². The maximum Gasteiger partial charge on any atom is 0.145 e. The first-order valence-electron chi connectivity index (χ1n) is 2.86. The van der Waals surface area contributed by atoms with Gasteiger partial charge < -0.3 is 0 Å². The highest BCUT2D eigenvalue weighted by molar-refractivity contribution is 7.10. The van der Waals surface area contributed by atoms with E-state index >= 15 is 0 Å². The van der Waals surface area contributed by atoms with Gasteiger partial charge in [0.15, 0.2) is 0 Å². The summed E-state index contributed by atoms with van der Waals surface area (Å²) in [6.45, 7) is 1.76. The fourth-order valence-electron chi connectivity index (χ4n) is 0.535. The van der Waals surface area contributed by atoms with Gasteiger partial charge in [0.25, 0.3) is 0 Å². The largest absolute Gasteiger partial charge is 0.298 e. The van der Waals surface area contributed by atoms with E-state index in [1.54, 1.807) is 19.2 Å². The number of hydrogen-bond acceptors (Lipinski definition) is 3. The lowest BCUT2D eigenvalue weighted by molar-refractivity contribution is -0.104. The fourth-order valence-corrected chi connectivity index (χ4v) is 1.17. The number of thiazole rings is 1. The minimum absolute atomic E-state index is 0.704. The molecule has 0 N–H and O–H groups in total. The summed E-state index contributed by atoms with van der Waals surface area (Å²) in [6, 6.07) is 0. The van der Waals surface area contributed by atoms with Crippen molar-refractivity contribution in [2.45, 2.75) is 6.92 Å². The Labute approximate surface area is 63.2 Å². The third-order valence-electron chi connectivity index (χ3n) is 0.988. The third-order valence-corrected chi connectivity index (χ3v) is 1.71. The van der Waals surface area contributed by atoms with Crippen LogP contribution in [0, 0.1) is 0 Å². The second kappa shape index (κ2) is 3.27. The number of nitrogens with zero attached hydrogens (tertiary/aromatic N) is 1. The van der Waals surface area contributed by atoms with E-state index in [2.05, 4.69) is 4.98 Å². The molecule has 0 saturated heterocycles. The Hall–Kier alpha value is -0.960. The quantitative estimate of drug-likeness (QED) is 0.478. The minimum atomic E-state index is 0.704. The van der Waals surface area contributed by atoms with Gasteiger partial charge in [0.05, 0.1) is 0 Å². The number of aromatic nitrogens is 1. The Bertz CT molecular complexity index is 238. The Morgan fingerprint density at radius 1 is 1.80 bits per heavy atom. The van der Waals surface area contributed by atoms with E-state index in [0.717, 1.165) is 11.3 Å². The topological polar surface area (TPSA) is 30.0 Å². The second-order valence-corrected chi connectivity index (χ2v) is 2.80. The minimum Gasteiger partial charge on any atom is -0.298 e. The molecule has 0 atom stereocenters. The van der Waals surface area contributed by atoms with Crippen LogP contribution < -0.4 is 0 Å². The predicted molar refractivity (Wildman–Crippen MR) is 41.8 cm³/mol. The van der Waals surface area contributed by atoms with Gasteiger partial charge in [-0.3, -0.25) is 4.79 Å². The Balaban J connectivity index is 2.80. The number of rotatable bonds is 2. The zero-order valence-corrected chi connectivity index (χ0v) is 6.39. The van der Waals surface area contributed by atoms with E-state index in [-0.39, 0.29) is 0 Å². The molecular formula is C7H7NOS. The summed E-state index contributed by atoms with van der Waals surface area (Å²) in [6.07, 6.45) is 4.30. The smallest absolute Gasteiger partial charge is 0.145 e. The third kappa shape index (κ3) is 1.77. The van der Waals surface area contributed by atoms with Crippen molar-refractivity contribution in [1.29, 1.82) is 0 Å². The zero-order chi connectivity index (χ0) is 7.40. The van der Waals surface area contributed by atoms with E-state index in [9.17, 15) is 4.79 Å². The molecule has 0 aliphatic carbocycles. The molecule has 0 amide bonds. The van der Waals surface area contributed by atoms with Gasteiger partial charge in [0, 0.05) is 11.6 Å². The predicted octanol–water partition coefficient (Wildman–Crippen LogP) is 1.75. The Morgan fingerprint density at radius 2 is 2.60 bits per heavy atom. The summed E-state index contributed by atoms with van der Waals surface area (Å²) in [5, 5.41) is 2.76. The van der Waals surface area contributed by atoms with Crippen molar-refractivity contribution in [2.75, 3.05) is 0 Å². The summed E-state index contributed by atoms with van der Waals surface area (Å²) in [4.78, 5) is 14.1. The van der Waals surface area contributed by atoms with Crippen LogP contribution in [-0.2, 0) is 4.79 Å². The average molecular weight is 153 g/mol. The van der Waals surface area contributed by atoms with Crippen LogP contribution in [0.3, 0.4) is 0 Å². The molecular weight excluding hydrogens is 146 g/mol. The molecule has 0 spiro atoms. The zero-order valence-electron chi connectivity index (χ0n) is 5.57. The maximum atomic E-state index is 10.1. The van der Waals surface area contributed by atoms with Gasteiger partial charge in [-0.2, -0.15) is 0 Å². The number of allylic oxidation sites excluding steroid dienone is 1. The average Bonchev–Trinajstić information content (AvgIpc) is 2.40. The number of hydrogen-bond donors (Lipinski definition) is 0. The van der Waals surface area contributed by atoms with Crippen molar-refractivity contribution in [1.82, 2.24) is 4.98 Å². The number of carbonyl (C=O) groups excluding carboxylic acids is 1. The molecule has 3 heteroatoms. The van der Waals surface area contributed by atoms with Crippen LogP contribution >= 0.6 is 11.3 Å². The van der Waals surface area contributed by atoms with Crippen LogP contribution in [0.4, 0.5) is 0 Å². The lowest BCUT2D eigenvalue weighted by atomic mass is 10.3. The molecule has 0 unspecified atom stereocenters. The van der Waals surface area contributed by atoms with Crippen molar-refractivity contribution in [3.63, 3.8) is 0 Å². The first-order valence-corrected chi connectivity index (χ1v) is 3.74. The molecule has 1 heterocycles. The standard InChI is InChI=1S/C7H7NOS/c1-6(5-9)4-7-8-2-3-10-7/h2-5H,1H3/b6-4-. The summed E-state index contributed by atoms with van der Waals surface area (Å²) < 4.78 is 0. The van der Waals surface area contributed by atoms with Crippen LogP contribution in [-0.4, -0.2) is 11.3 Å². The molecule has 0 radical (unpaired) electrons. The second-order valence-electron chi connectivity index (χ2n) is 1.88. The lowest BCUT2D eigenvalue weighted by Gasteiger charge is -1.82. The van der Waals surface area contributed by atoms with E-state index in [4.69, 9.17) is 0 Å². The normalized spacial score (nSPS) is 11.5. The van der Waals surface area contributed by atoms with Gasteiger partial charge >= 0.3 is 0 Å². The van der Waals surface area contributed by atoms with Crippen LogP contribution in [0.25, 0.3) is 6.08 Å². The van der Waals surface area contributed by atoms with Crippen molar-refractivity contribution < 1.29 is 4.79 Å². The molecule has 0 bridgehead atoms. The molecule has 1 rings (SSSR count). The van der Waals surface area contributed by atoms with Crippen molar-refractivity contribution >= 4 is 23.7 Å². The number of carbonyl (C=O) groups is 1. The molecule has 10 heavy (non-hydrogen) atoms. The molecule has 0 aliphatic heterocycles. The van der Waals surface area contributed by atoms with E-state index in [1.807, 2.05) is 5.38 Å². The Kier molecular flexibility index (Phi) is 2.34. The molecule has 0 aliphatic rings. The summed E-state index contributed by atoms with van der Waals surface area (Å²) >= 11 is 1.52. The van der Waals surface area contributed by atoms with Crippen LogP contribution in [0.5, 0.6) is 0 Å². The highest BCUT2D eigenvalue weighted by Crippen LogP contribution is 2.07. The maximum absolute atomic E-state index is 10.1. The van der Waals surface area contributed by atoms with Crippen LogP contribution in [0.1, 0.15) is 11.9 Å². The first kappa shape index (κ1) is 7.15. The van der Waals surface area contributed by atoms with Gasteiger partial charge in [-0.1, -0.05) is 0 Å². The summed E-state index contributed by atoms with van der Waals surface area (Å²) in [5.41, 5.74) is 0.704. The van der Waals surface area contributed by atoms with Gasteiger partial charge in [-0.05, 0) is 18.6 Å². The molecule has 0 saturated carbocycles. The summed E-state index contributed by atoms with van der Waals surface area (Å²) in [7, 11) is 0. The van der Waals surface area contributed by atoms with Crippen LogP contribution in [0.15, 0.2) is 17.2 Å². The van der Waals surface area contributed by atoms with E-state index < -0.39 is 0 Å². The monoisotopic (exact) mass is 153 g/mol. The molecule has 2 nitrogen and oxygen atoms in total. The van der Waals surface area contributed by atoms with Gasteiger partial charge in [0.1, 0.15) is 11.3 Å². The van der Waals surface area contributed by atoms with Crippen molar-refractivity contribution in [3.8, 4) is 0 Å². The van der Waals surface area contributed by atoms with Crippen LogP contribution in [0.2, 0.25) is 0 Å². The highest BCUT2D eigenvalue weighted by Gasteiger charge is 1.89. The SMILES string of the molecule is C/C(C=O)=C/c1nccs1. The highest BCUT2D eigenvalue weighted by atomic mass is 32.1. The summed E-state index contributed by atoms with van der Waals surface area (Å²) in [5.74, 6) is 0. The molecule has 52 valence electrons. The fraction of sp³-hybridized carbons (Fsp3) is 0.143. The molecule has 1 aromatic heterocycles. The van der Waals surface area contributed by atoms with Crippen molar-refractivity contribution in [3.05, 3.63) is 22.2 Å². The number of aldehydes is 1. The first-order chi connectivity index (χ1) is 4.83. The molecule has 1 aromatic rings. The van der Waals surface area contributed by atoms with Crippen molar-refractivity contribution in [2.24, 2.45) is 0 Å².